The molecule has 9 nitrogen and oxygen atoms in total. The number of nitrogens with zero attached hydrogens (tertiary/aromatic N) is 1. The van der Waals surface area contributed by atoms with Crippen molar-refractivity contribution in [2.45, 2.75) is 232 Å². The minimum absolute atomic E-state index is 0.175. The summed E-state index contributed by atoms with van der Waals surface area (Å²) in [5, 5.41) is 9.72. The highest BCUT2D eigenvalue weighted by atomic mass is 16.7. The second kappa shape index (κ2) is 61.0. The van der Waals surface area contributed by atoms with Crippen LogP contribution in [0.2, 0.25) is 0 Å². The summed E-state index contributed by atoms with van der Waals surface area (Å²) in [4.78, 5) is 37.5. The predicted octanol–water partition coefficient (Wildman–Crippen LogP) is 19.3. The van der Waals surface area contributed by atoms with E-state index in [0.717, 1.165) is 141 Å². The molecule has 0 aliphatic carbocycles. The normalized spacial score (nSPS) is 13.8. The Morgan fingerprint density at radius 2 is 0.667 bits per heavy atom. The molecule has 0 aromatic heterocycles. The van der Waals surface area contributed by atoms with Crippen molar-refractivity contribution in [3.8, 4) is 0 Å². The lowest BCUT2D eigenvalue weighted by molar-refractivity contribution is -0.870. The van der Waals surface area contributed by atoms with E-state index in [4.69, 9.17) is 18.9 Å². The Morgan fingerprint density at radius 1 is 0.370 bits per heavy atom. The first kappa shape index (κ1) is 75.9. The first-order chi connectivity index (χ1) is 39.6. The standard InChI is InChI=1S/C72H115NO8/c1-6-8-10-12-14-16-18-20-22-24-26-28-29-30-31-32-33-34-35-36-37-38-39-40-41-43-45-47-49-51-53-55-57-59-61-63-70(75)81-68(67-80-72(71(76)77)78-65-64-73(3,4)5)66-79-69(74)62-60-58-56-54-52-50-48-46-44-42-27-25-23-21-19-17-15-13-11-9-7-2/h8-11,14-17,20-23,26-28,30-31,33-34,36-37,39-40,42-43,45,68,72H,6-7,12-13,18-19,24-25,29,32,35,38,41,44,46-67H2,1-5H3/p+1/b10-8-,11-9-,16-14-,17-15-,22-20-,23-21-,28-26-,31-30-,34-33-,37-36-,40-39-,42-27-,45-43-. The molecule has 0 heterocycles. The van der Waals surface area contributed by atoms with Crippen LogP contribution in [0.4, 0.5) is 0 Å². The van der Waals surface area contributed by atoms with Crippen LogP contribution in [0, 0.1) is 0 Å². The van der Waals surface area contributed by atoms with Gasteiger partial charge in [-0.2, -0.15) is 0 Å². The maximum Gasteiger partial charge on any atom is 0.361 e. The Morgan fingerprint density at radius 3 is 0.988 bits per heavy atom. The van der Waals surface area contributed by atoms with Gasteiger partial charge in [0.05, 0.1) is 34.4 Å². The number of hydrogen-bond acceptors (Lipinski definition) is 7. The first-order valence-electron chi connectivity index (χ1n) is 31.6. The van der Waals surface area contributed by atoms with E-state index in [2.05, 4.69) is 172 Å². The van der Waals surface area contributed by atoms with Crippen molar-refractivity contribution in [3.05, 3.63) is 158 Å². The fourth-order valence-corrected chi connectivity index (χ4v) is 8.00. The molecule has 0 saturated heterocycles. The van der Waals surface area contributed by atoms with E-state index in [0.29, 0.717) is 17.4 Å². The van der Waals surface area contributed by atoms with Crippen LogP contribution in [-0.4, -0.2) is 87.4 Å². The van der Waals surface area contributed by atoms with Gasteiger partial charge in [-0.05, 0) is 122 Å². The van der Waals surface area contributed by atoms with E-state index in [1.807, 2.05) is 21.1 Å². The Hall–Kier alpha value is -5.09. The Kier molecular flexibility index (Phi) is 57.2. The molecule has 9 heteroatoms. The zero-order chi connectivity index (χ0) is 59.1. The van der Waals surface area contributed by atoms with Crippen molar-refractivity contribution < 1.29 is 42.9 Å². The van der Waals surface area contributed by atoms with E-state index >= 15 is 0 Å². The number of carbonyl (C=O) groups excluding carboxylic acids is 2. The highest BCUT2D eigenvalue weighted by molar-refractivity contribution is 5.71. The lowest BCUT2D eigenvalue weighted by atomic mass is 10.1. The lowest BCUT2D eigenvalue weighted by Gasteiger charge is -2.25. The van der Waals surface area contributed by atoms with Crippen LogP contribution in [0.3, 0.4) is 0 Å². The third-order valence-electron chi connectivity index (χ3n) is 12.8. The molecule has 0 aromatic rings. The molecule has 2 atom stereocenters. The molecule has 0 rings (SSSR count). The highest BCUT2D eigenvalue weighted by Crippen LogP contribution is 2.14. The summed E-state index contributed by atoms with van der Waals surface area (Å²) in [6.07, 6.45) is 87.5. The smallest absolute Gasteiger partial charge is 0.361 e. The quantitative estimate of drug-likeness (QED) is 0.0211. The van der Waals surface area contributed by atoms with Crippen LogP contribution >= 0.6 is 0 Å². The van der Waals surface area contributed by atoms with E-state index in [9.17, 15) is 19.5 Å². The third kappa shape index (κ3) is 62.4. The third-order valence-corrected chi connectivity index (χ3v) is 12.8. The van der Waals surface area contributed by atoms with Gasteiger partial charge in [-0.1, -0.05) is 242 Å². The van der Waals surface area contributed by atoms with Gasteiger partial charge < -0.3 is 28.5 Å². The summed E-state index contributed by atoms with van der Waals surface area (Å²) in [7, 11) is 5.95. The van der Waals surface area contributed by atoms with Crippen molar-refractivity contribution in [1.82, 2.24) is 0 Å². The second-order valence-electron chi connectivity index (χ2n) is 21.6. The monoisotopic (exact) mass is 1120 g/mol. The predicted molar refractivity (Wildman–Crippen MR) is 345 cm³/mol. The molecule has 0 saturated carbocycles. The number of unbranched alkanes of at least 4 members (excludes halogenated alkanes) is 15. The number of likely N-dealkylation sites (N-methyl/N-ethyl adjacent to an activating group) is 1. The number of hydrogen-bond donors (Lipinski definition) is 1. The number of esters is 2. The number of carboxylic acids is 1. The minimum Gasteiger partial charge on any atom is -0.477 e. The summed E-state index contributed by atoms with van der Waals surface area (Å²) < 4.78 is 22.9. The van der Waals surface area contributed by atoms with Gasteiger partial charge in [-0.15, -0.1) is 0 Å². The van der Waals surface area contributed by atoms with Crippen molar-refractivity contribution in [3.63, 3.8) is 0 Å². The molecule has 81 heavy (non-hydrogen) atoms. The van der Waals surface area contributed by atoms with Crippen LogP contribution in [0.5, 0.6) is 0 Å². The summed E-state index contributed by atoms with van der Waals surface area (Å²) in [5.74, 6) is -2.05. The molecule has 0 bridgehead atoms. The zero-order valence-corrected chi connectivity index (χ0v) is 51.9. The van der Waals surface area contributed by atoms with Crippen molar-refractivity contribution in [2.24, 2.45) is 0 Å². The molecular formula is C72H116NO8+. The van der Waals surface area contributed by atoms with Crippen LogP contribution in [-0.2, 0) is 33.3 Å². The van der Waals surface area contributed by atoms with Crippen molar-refractivity contribution in [2.75, 3.05) is 47.5 Å². The van der Waals surface area contributed by atoms with Crippen molar-refractivity contribution in [1.29, 1.82) is 0 Å². The molecule has 0 amide bonds. The molecular weight excluding hydrogens is 1010 g/mol. The summed E-state index contributed by atoms with van der Waals surface area (Å²) in [6, 6.07) is 0. The minimum atomic E-state index is -1.53. The van der Waals surface area contributed by atoms with Crippen LogP contribution < -0.4 is 0 Å². The first-order valence-corrected chi connectivity index (χ1v) is 31.6. The lowest BCUT2D eigenvalue weighted by Crippen LogP contribution is -2.40. The second-order valence-corrected chi connectivity index (χ2v) is 21.6. The largest absolute Gasteiger partial charge is 0.477 e. The average Bonchev–Trinajstić information content (AvgIpc) is 3.44. The van der Waals surface area contributed by atoms with E-state index in [1.54, 1.807) is 0 Å². The molecule has 1 N–H and O–H groups in total. The fourth-order valence-electron chi connectivity index (χ4n) is 8.00. The number of aliphatic carboxylic acids is 1. The van der Waals surface area contributed by atoms with Gasteiger partial charge >= 0.3 is 17.9 Å². The maximum absolute atomic E-state index is 12.9. The average molecular weight is 1120 g/mol. The van der Waals surface area contributed by atoms with E-state index in [1.165, 1.54) is 44.9 Å². The van der Waals surface area contributed by atoms with Crippen molar-refractivity contribution >= 4 is 17.9 Å². The van der Waals surface area contributed by atoms with E-state index in [-0.39, 0.29) is 38.6 Å². The molecule has 0 aliphatic rings. The fraction of sp³-hybridized carbons (Fsp3) is 0.597. The van der Waals surface area contributed by atoms with Gasteiger partial charge in [-0.25, -0.2) is 4.79 Å². The summed E-state index contributed by atoms with van der Waals surface area (Å²) >= 11 is 0. The maximum atomic E-state index is 12.9. The van der Waals surface area contributed by atoms with Crippen LogP contribution in [0.1, 0.15) is 219 Å². The number of allylic oxidation sites excluding steroid dienone is 26. The Labute approximate surface area is 495 Å². The number of carbonyl (C=O) groups is 3. The van der Waals surface area contributed by atoms with Crippen LogP contribution in [0.15, 0.2) is 158 Å². The summed E-state index contributed by atoms with van der Waals surface area (Å²) in [6.45, 7) is 4.61. The van der Waals surface area contributed by atoms with Gasteiger partial charge in [0, 0.05) is 12.8 Å². The molecule has 0 aliphatic heterocycles. The molecule has 0 aromatic carbocycles. The highest BCUT2D eigenvalue weighted by Gasteiger charge is 2.25. The zero-order valence-electron chi connectivity index (χ0n) is 51.9. The molecule has 0 radical (unpaired) electrons. The topological polar surface area (TPSA) is 108 Å². The Balaban J connectivity index is 4.27. The van der Waals surface area contributed by atoms with Gasteiger partial charge in [0.2, 0.25) is 0 Å². The van der Waals surface area contributed by atoms with Gasteiger partial charge in [0.1, 0.15) is 13.2 Å². The molecule has 0 spiro atoms. The van der Waals surface area contributed by atoms with Gasteiger partial charge in [0.25, 0.3) is 6.29 Å². The number of ether oxygens (including phenoxy) is 4. The SMILES string of the molecule is CC/C=C\C/C=C\C/C=C\C/C=C\C/C=C\C/C=C\C/C=C\C/C=C\C/C=C\CCCCCCCCCC(=O)OC(COC(=O)CCCCCCCCCC/C=C\C/C=C\C/C=C\C/C=C\CC)COC(OCC[N+](C)(C)C)C(=O)O. The number of quaternary nitrogens is 1. The summed E-state index contributed by atoms with van der Waals surface area (Å²) in [5.41, 5.74) is 0. The molecule has 456 valence electrons. The Bertz CT molecular complexity index is 1880. The van der Waals surface area contributed by atoms with Gasteiger partial charge in [0.15, 0.2) is 6.10 Å². The van der Waals surface area contributed by atoms with E-state index < -0.39 is 24.3 Å². The van der Waals surface area contributed by atoms with Gasteiger partial charge in [-0.3, -0.25) is 9.59 Å². The molecule has 0 fully saturated rings. The number of rotatable bonds is 56. The van der Waals surface area contributed by atoms with Crippen LogP contribution in [0.25, 0.3) is 0 Å². The number of carboxylic acid groups (broad SMARTS) is 1. The molecule has 2 unspecified atom stereocenters.